The van der Waals surface area contributed by atoms with Crippen molar-refractivity contribution in [2.24, 2.45) is 0 Å². The van der Waals surface area contributed by atoms with Gasteiger partial charge in [0.2, 0.25) is 0 Å². The van der Waals surface area contributed by atoms with Gasteiger partial charge in [0.15, 0.2) is 0 Å². The van der Waals surface area contributed by atoms with Crippen LogP contribution in [-0.2, 0) is 21.1 Å². The van der Waals surface area contributed by atoms with Crippen LogP contribution in [0.2, 0.25) is 0 Å². The molecular formula is C36H32N4PtS. The summed E-state index contributed by atoms with van der Waals surface area (Å²) in [6.07, 6.45) is 1.92. The average molecular weight is 748 g/mol. The molecule has 0 atom stereocenters. The molecule has 0 aliphatic carbocycles. The Balaban J connectivity index is 0.00000316. The number of hydrogen-bond donors (Lipinski definition) is 0. The summed E-state index contributed by atoms with van der Waals surface area (Å²) in [6, 6.07) is 40.2. The average Bonchev–Trinajstić information content (AvgIpc) is 3.54. The van der Waals surface area contributed by atoms with Crippen LogP contribution in [0.5, 0.6) is 0 Å². The van der Waals surface area contributed by atoms with E-state index in [0.717, 1.165) is 39.0 Å². The number of fused-ring (bicyclic) bond motifs is 4. The van der Waals surface area contributed by atoms with Crippen LogP contribution in [0.25, 0.3) is 27.6 Å². The number of pyridine rings is 1. The minimum absolute atomic E-state index is 0. The number of nitrogens with zero attached hydrogens (tertiary/aromatic N) is 4. The molecule has 42 heavy (non-hydrogen) atoms. The van der Waals surface area contributed by atoms with Crippen molar-refractivity contribution in [3.05, 3.63) is 115 Å². The number of anilines is 3. The van der Waals surface area contributed by atoms with Crippen molar-refractivity contribution in [1.29, 1.82) is 0 Å². The summed E-state index contributed by atoms with van der Waals surface area (Å²) in [5.74, 6) is 1.36. The first kappa shape index (κ1) is 28.6. The maximum Gasteiger partial charge on any atom is 2.00 e. The van der Waals surface area contributed by atoms with Gasteiger partial charge in [-0.1, -0.05) is 55.4 Å². The molecule has 4 aromatic carbocycles. The number of para-hydroxylation sites is 3. The summed E-state index contributed by atoms with van der Waals surface area (Å²) in [6.45, 7) is 9.75. The maximum absolute atomic E-state index is 4.79. The van der Waals surface area contributed by atoms with E-state index in [1.807, 2.05) is 6.20 Å². The maximum atomic E-state index is 4.79. The molecule has 212 valence electrons. The first-order chi connectivity index (χ1) is 20.0. The fraction of sp³-hybridized carbons (Fsp3) is 0.194. The van der Waals surface area contributed by atoms with Crippen molar-refractivity contribution in [2.75, 3.05) is 16.5 Å². The summed E-state index contributed by atoms with van der Waals surface area (Å²) < 4.78 is 2.25. The van der Waals surface area contributed by atoms with E-state index in [4.69, 9.17) is 4.98 Å². The van der Waals surface area contributed by atoms with Gasteiger partial charge in [0.1, 0.15) is 5.82 Å². The predicted octanol–water partition coefficient (Wildman–Crippen LogP) is 9.38. The van der Waals surface area contributed by atoms with Gasteiger partial charge in [0.05, 0.1) is 18.0 Å². The zero-order chi connectivity index (χ0) is 28.1. The van der Waals surface area contributed by atoms with Gasteiger partial charge in [-0.25, -0.2) is 4.98 Å². The van der Waals surface area contributed by atoms with E-state index in [2.05, 4.69) is 145 Å². The Morgan fingerprint density at radius 3 is 2.33 bits per heavy atom. The van der Waals surface area contributed by atoms with Crippen LogP contribution in [-0.4, -0.2) is 22.3 Å². The molecule has 0 saturated carbocycles. The van der Waals surface area contributed by atoms with E-state index < -0.39 is 0 Å². The molecule has 6 heteroatoms. The van der Waals surface area contributed by atoms with Crippen LogP contribution in [0, 0.1) is 12.1 Å². The molecule has 6 aromatic rings. The molecule has 0 fully saturated rings. The number of hydrogen-bond acceptors (Lipinski definition) is 4. The van der Waals surface area contributed by atoms with E-state index in [0.29, 0.717) is 12.0 Å². The second kappa shape index (κ2) is 11.6. The van der Waals surface area contributed by atoms with Gasteiger partial charge in [-0.2, -0.15) is 24.3 Å². The van der Waals surface area contributed by atoms with Gasteiger partial charge in [0, 0.05) is 17.8 Å². The molecule has 0 amide bonds. The second-order valence-corrected chi connectivity index (χ2v) is 12.2. The number of aromatic nitrogens is 2. The molecule has 0 unspecified atom stereocenters. The van der Waals surface area contributed by atoms with Crippen LogP contribution in [0.15, 0.2) is 107 Å². The van der Waals surface area contributed by atoms with Crippen molar-refractivity contribution < 1.29 is 21.1 Å². The van der Waals surface area contributed by atoms with Crippen LogP contribution < -0.4 is 9.80 Å². The predicted molar refractivity (Wildman–Crippen MR) is 172 cm³/mol. The first-order valence-electron chi connectivity index (χ1n) is 14.2. The van der Waals surface area contributed by atoms with E-state index in [-0.39, 0.29) is 21.1 Å². The molecule has 0 spiro atoms. The first-order valence-corrected chi connectivity index (χ1v) is 15.0. The molecule has 1 aliphatic rings. The van der Waals surface area contributed by atoms with Crippen molar-refractivity contribution in [1.82, 2.24) is 9.55 Å². The van der Waals surface area contributed by atoms with Gasteiger partial charge in [-0.15, -0.1) is 45.1 Å². The van der Waals surface area contributed by atoms with Crippen LogP contribution in [0.3, 0.4) is 0 Å². The van der Waals surface area contributed by atoms with E-state index in [1.165, 1.54) is 27.7 Å². The Morgan fingerprint density at radius 1 is 0.762 bits per heavy atom. The molecule has 4 nitrogen and oxygen atoms in total. The number of rotatable bonds is 6. The standard InChI is InChI=1S/C36H32N4S.Pt/c1-24(2)26-18-19-37-36(20-26)40-32-13-6-5-12-30(32)31-17-16-29(22-35(31)40)41-28-11-9-10-27(21-28)39-23-38(25(3)4)33-14-7-8-15-34(33)39;/h5-20,24-25H,23H2,1-4H3;/q-2;+2. The van der Waals surface area contributed by atoms with E-state index >= 15 is 0 Å². The van der Waals surface area contributed by atoms with Crippen molar-refractivity contribution in [3.8, 4) is 5.82 Å². The Morgan fingerprint density at radius 2 is 1.52 bits per heavy atom. The molecule has 1 aliphatic heterocycles. The fourth-order valence-corrected chi connectivity index (χ4v) is 6.57. The third kappa shape index (κ3) is 5.03. The Bertz CT molecular complexity index is 1890. The van der Waals surface area contributed by atoms with Gasteiger partial charge in [-0.3, -0.25) is 0 Å². The number of benzene rings is 4. The summed E-state index contributed by atoms with van der Waals surface area (Å²) in [5, 5.41) is 2.39. The van der Waals surface area contributed by atoms with Gasteiger partial charge >= 0.3 is 21.1 Å². The summed E-state index contributed by atoms with van der Waals surface area (Å²) in [4.78, 5) is 11.7. The fourth-order valence-electron chi connectivity index (χ4n) is 5.75. The largest absolute Gasteiger partial charge is 2.00 e. The quantitative estimate of drug-likeness (QED) is 0.159. The second-order valence-electron chi connectivity index (χ2n) is 11.2. The molecule has 0 saturated heterocycles. The molecule has 0 N–H and O–H groups in total. The molecule has 0 bridgehead atoms. The SMILES string of the molecule is CC(C)c1ccnc(-n2c3[c-]c(Sc4[c-]c(N5CN(C(C)C)c6ccccc65)ccc4)ccc3c3ccccc32)c1.[Pt+2]. The van der Waals surface area contributed by atoms with Crippen LogP contribution in [0.4, 0.5) is 17.1 Å². The molecule has 7 rings (SSSR count). The zero-order valence-corrected chi connectivity index (χ0v) is 27.2. The van der Waals surface area contributed by atoms with Crippen molar-refractivity contribution in [2.45, 2.75) is 49.4 Å². The summed E-state index contributed by atoms with van der Waals surface area (Å²) in [7, 11) is 0. The van der Waals surface area contributed by atoms with Gasteiger partial charge in [0.25, 0.3) is 0 Å². The van der Waals surface area contributed by atoms with Crippen LogP contribution in [0.1, 0.15) is 39.2 Å². The molecule has 0 radical (unpaired) electrons. The Labute approximate surface area is 266 Å². The van der Waals surface area contributed by atoms with Gasteiger partial charge in [-0.05, 0) is 61.0 Å². The van der Waals surface area contributed by atoms with E-state index in [9.17, 15) is 0 Å². The zero-order valence-electron chi connectivity index (χ0n) is 24.1. The van der Waals surface area contributed by atoms with Crippen molar-refractivity contribution >= 4 is 50.6 Å². The van der Waals surface area contributed by atoms with Crippen molar-refractivity contribution in [3.63, 3.8) is 0 Å². The molecule has 3 heterocycles. The summed E-state index contributed by atoms with van der Waals surface area (Å²) >= 11 is 1.70. The Hall–Kier alpha value is -3.53. The third-order valence-electron chi connectivity index (χ3n) is 7.88. The topological polar surface area (TPSA) is 24.3 Å². The molecule has 2 aromatic heterocycles. The normalized spacial score (nSPS) is 12.9. The minimum atomic E-state index is 0. The van der Waals surface area contributed by atoms with Crippen LogP contribution >= 0.6 is 11.8 Å². The third-order valence-corrected chi connectivity index (χ3v) is 8.80. The van der Waals surface area contributed by atoms with E-state index in [1.54, 1.807) is 11.8 Å². The Kier molecular flexibility index (Phi) is 7.91. The molecular weight excluding hydrogens is 716 g/mol. The summed E-state index contributed by atoms with van der Waals surface area (Å²) in [5.41, 5.74) is 7.05. The smallest absolute Gasteiger partial charge is 0.349 e. The van der Waals surface area contributed by atoms with Gasteiger partial charge < -0.3 is 14.4 Å². The minimum Gasteiger partial charge on any atom is -0.349 e. The monoisotopic (exact) mass is 747 g/mol.